The number of hydrogen-bond donors (Lipinski definition) is 1. The zero-order valence-electron chi connectivity index (χ0n) is 15.9. The molecule has 24 heavy (non-hydrogen) atoms. The predicted molar refractivity (Wildman–Crippen MR) is 96.8 cm³/mol. The number of hydrogen-bond acceptors (Lipinski definition) is 5. The van der Waals surface area contributed by atoms with E-state index in [4.69, 9.17) is 14.2 Å². The van der Waals surface area contributed by atoms with Gasteiger partial charge < -0.3 is 19.3 Å². The first-order valence-electron chi connectivity index (χ1n) is 8.58. The van der Waals surface area contributed by atoms with Crippen LogP contribution in [0.3, 0.4) is 0 Å². The van der Waals surface area contributed by atoms with Crippen LogP contribution in [0.15, 0.2) is 18.2 Å². The molecule has 0 radical (unpaired) electrons. The van der Waals surface area contributed by atoms with Crippen LogP contribution in [0.25, 0.3) is 0 Å². The molecule has 5 nitrogen and oxygen atoms in total. The lowest BCUT2D eigenvalue weighted by Gasteiger charge is -2.27. The molecule has 5 heteroatoms. The quantitative estimate of drug-likeness (QED) is 0.672. The SMILES string of the molecule is COc1ccc(CN(CC(C)C)C[C@@H](O)COC(C)C)cc1OC. The van der Waals surface area contributed by atoms with Gasteiger partial charge in [-0.2, -0.15) is 0 Å². The summed E-state index contributed by atoms with van der Waals surface area (Å²) in [6.45, 7) is 10.9. The molecule has 0 heterocycles. The number of aliphatic hydroxyl groups excluding tert-OH is 1. The van der Waals surface area contributed by atoms with Crippen LogP contribution in [-0.4, -0.2) is 56.1 Å². The molecule has 138 valence electrons. The van der Waals surface area contributed by atoms with Crippen molar-refractivity contribution in [3.8, 4) is 11.5 Å². The Labute approximate surface area is 146 Å². The average molecular weight is 339 g/mol. The number of benzene rings is 1. The van der Waals surface area contributed by atoms with Gasteiger partial charge in [0.25, 0.3) is 0 Å². The van der Waals surface area contributed by atoms with Crippen LogP contribution in [0, 0.1) is 5.92 Å². The Morgan fingerprint density at radius 3 is 2.21 bits per heavy atom. The molecule has 0 aromatic heterocycles. The van der Waals surface area contributed by atoms with E-state index in [0.717, 1.165) is 30.2 Å². The fraction of sp³-hybridized carbons (Fsp3) is 0.684. The highest BCUT2D eigenvalue weighted by Gasteiger charge is 2.15. The molecule has 0 saturated carbocycles. The highest BCUT2D eigenvalue weighted by Crippen LogP contribution is 2.28. The van der Waals surface area contributed by atoms with Crippen molar-refractivity contribution < 1.29 is 19.3 Å². The van der Waals surface area contributed by atoms with E-state index in [1.165, 1.54) is 0 Å². The van der Waals surface area contributed by atoms with Crippen molar-refractivity contribution in [2.75, 3.05) is 33.9 Å². The van der Waals surface area contributed by atoms with E-state index in [1.807, 2.05) is 32.0 Å². The Kier molecular flexibility index (Phi) is 9.11. The maximum Gasteiger partial charge on any atom is 0.161 e. The molecule has 0 aliphatic carbocycles. The number of methoxy groups -OCH3 is 2. The second-order valence-corrected chi connectivity index (χ2v) is 6.81. The molecule has 0 saturated heterocycles. The molecule has 0 amide bonds. The van der Waals surface area contributed by atoms with Crippen molar-refractivity contribution in [1.29, 1.82) is 0 Å². The summed E-state index contributed by atoms with van der Waals surface area (Å²) in [6.07, 6.45) is -0.365. The molecule has 1 rings (SSSR count). The molecular weight excluding hydrogens is 306 g/mol. The van der Waals surface area contributed by atoms with E-state index in [9.17, 15) is 5.11 Å². The average Bonchev–Trinajstić information content (AvgIpc) is 2.52. The van der Waals surface area contributed by atoms with Crippen molar-refractivity contribution in [2.24, 2.45) is 5.92 Å². The normalized spacial score (nSPS) is 12.9. The third kappa shape index (κ3) is 7.51. The first-order chi connectivity index (χ1) is 11.3. The summed E-state index contributed by atoms with van der Waals surface area (Å²) in [4.78, 5) is 2.25. The van der Waals surface area contributed by atoms with Crippen LogP contribution < -0.4 is 9.47 Å². The van der Waals surface area contributed by atoms with Gasteiger partial charge in [-0.15, -0.1) is 0 Å². The van der Waals surface area contributed by atoms with Gasteiger partial charge >= 0.3 is 0 Å². The standard InChI is InChI=1S/C19H33NO4/c1-14(2)10-20(12-17(21)13-24-15(3)4)11-16-7-8-18(22-5)19(9-16)23-6/h7-9,14-15,17,21H,10-13H2,1-6H3/t17-/m1/s1. The smallest absolute Gasteiger partial charge is 0.161 e. The van der Waals surface area contributed by atoms with Crippen LogP contribution in [0.1, 0.15) is 33.3 Å². The molecule has 0 spiro atoms. The summed E-state index contributed by atoms with van der Waals surface area (Å²) in [5.74, 6) is 1.97. The minimum Gasteiger partial charge on any atom is -0.493 e. The predicted octanol–water partition coefficient (Wildman–Crippen LogP) is 2.95. The van der Waals surface area contributed by atoms with Crippen molar-refractivity contribution >= 4 is 0 Å². The molecule has 0 aliphatic heterocycles. The summed E-state index contributed by atoms with van der Waals surface area (Å²) in [7, 11) is 3.27. The summed E-state index contributed by atoms with van der Waals surface area (Å²) in [5.41, 5.74) is 1.13. The number of nitrogens with zero attached hydrogens (tertiary/aromatic N) is 1. The number of aliphatic hydroxyl groups is 1. The van der Waals surface area contributed by atoms with Gasteiger partial charge in [0.2, 0.25) is 0 Å². The van der Waals surface area contributed by atoms with E-state index < -0.39 is 6.10 Å². The van der Waals surface area contributed by atoms with Crippen LogP contribution in [0.4, 0.5) is 0 Å². The maximum atomic E-state index is 10.2. The van der Waals surface area contributed by atoms with Gasteiger partial charge in [-0.3, -0.25) is 4.90 Å². The van der Waals surface area contributed by atoms with Crippen LogP contribution in [-0.2, 0) is 11.3 Å². The summed E-state index contributed by atoms with van der Waals surface area (Å²) >= 11 is 0. The van der Waals surface area contributed by atoms with Gasteiger partial charge in [-0.05, 0) is 37.5 Å². The molecule has 1 aromatic rings. The largest absolute Gasteiger partial charge is 0.493 e. The fourth-order valence-corrected chi connectivity index (χ4v) is 2.61. The lowest BCUT2D eigenvalue weighted by Crippen LogP contribution is -2.37. The zero-order valence-corrected chi connectivity index (χ0v) is 15.9. The molecule has 0 aliphatic rings. The Morgan fingerprint density at radius 1 is 1.00 bits per heavy atom. The van der Waals surface area contributed by atoms with Gasteiger partial charge in [-0.25, -0.2) is 0 Å². The van der Waals surface area contributed by atoms with E-state index in [0.29, 0.717) is 19.1 Å². The van der Waals surface area contributed by atoms with Gasteiger partial charge in [0.15, 0.2) is 11.5 Å². The summed E-state index contributed by atoms with van der Waals surface area (Å²) in [5, 5.41) is 10.2. The molecule has 1 aromatic carbocycles. The third-order valence-electron chi connectivity index (χ3n) is 3.57. The number of rotatable bonds is 11. The monoisotopic (exact) mass is 339 g/mol. The van der Waals surface area contributed by atoms with Crippen LogP contribution in [0.5, 0.6) is 11.5 Å². The van der Waals surface area contributed by atoms with E-state index >= 15 is 0 Å². The van der Waals surface area contributed by atoms with Crippen LogP contribution >= 0.6 is 0 Å². The minimum absolute atomic E-state index is 0.129. The minimum atomic E-state index is -0.494. The van der Waals surface area contributed by atoms with Crippen molar-refractivity contribution in [3.05, 3.63) is 23.8 Å². The van der Waals surface area contributed by atoms with Gasteiger partial charge in [-0.1, -0.05) is 19.9 Å². The molecule has 0 unspecified atom stereocenters. The zero-order chi connectivity index (χ0) is 18.1. The molecule has 1 N–H and O–H groups in total. The van der Waals surface area contributed by atoms with E-state index in [2.05, 4.69) is 18.7 Å². The maximum absolute atomic E-state index is 10.2. The molecular formula is C19H33NO4. The lowest BCUT2D eigenvalue weighted by molar-refractivity contribution is -0.0108. The Balaban J connectivity index is 2.74. The fourth-order valence-electron chi connectivity index (χ4n) is 2.61. The van der Waals surface area contributed by atoms with Crippen molar-refractivity contribution in [3.63, 3.8) is 0 Å². The first-order valence-corrected chi connectivity index (χ1v) is 8.58. The highest BCUT2D eigenvalue weighted by molar-refractivity contribution is 5.42. The highest BCUT2D eigenvalue weighted by atomic mass is 16.5. The van der Waals surface area contributed by atoms with E-state index in [-0.39, 0.29) is 6.10 Å². The summed E-state index contributed by atoms with van der Waals surface area (Å²) in [6, 6.07) is 5.94. The number of ether oxygens (including phenoxy) is 3. The van der Waals surface area contributed by atoms with E-state index in [1.54, 1.807) is 14.2 Å². The molecule has 1 atom stereocenters. The Bertz CT molecular complexity index is 476. The molecule has 0 bridgehead atoms. The summed E-state index contributed by atoms with van der Waals surface area (Å²) < 4.78 is 16.2. The molecule has 0 fully saturated rings. The first kappa shape index (κ1) is 20.7. The Morgan fingerprint density at radius 2 is 1.67 bits per heavy atom. The Hall–Kier alpha value is -1.30. The van der Waals surface area contributed by atoms with Crippen molar-refractivity contribution in [1.82, 2.24) is 4.90 Å². The third-order valence-corrected chi connectivity index (χ3v) is 3.57. The van der Waals surface area contributed by atoms with Gasteiger partial charge in [0, 0.05) is 19.6 Å². The second-order valence-electron chi connectivity index (χ2n) is 6.81. The lowest BCUT2D eigenvalue weighted by atomic mass is 10.1. The second kappa shape index (κ2) is 10.5. The van der Waals surface area contributed by atoms with Crippen molar-refractivity contribution in [2.45, 2.75) is 46.4 Å². The van der Waals surface area contributed by atoms with Crippen LogP contribution in [0.2, 0.25) is 0 Å². The topological polar surface area (TPSA) is 51.2 Å². The van der Waals surface area contributed by atoms with Gasteiger partial charge in [0.05, 0.1) is 33.0 Å². The van der Waals surface area contributed by atoms with Gasteiger partial charge in [0.1, 0.15) is 0 Å².